The molecule has 12 nitrogen and oxygen atoms in total. The number of carbonyl (C=O) groups excluding carboxylic acids is 3. The molecule has 0 saturated carbocycles. The summed E-state index contributed by atoms with van der Waals surface area (Å²) in [7, 11) is 1.70. The molecule has 0 saturated heterocycles. The van der Waals surface area contributed by atoms with E-state index in [1.807, 2.05) is 93.7 Å². The van der Waals surface area contributed by atoms with Gasteiger partial charge in [-0.2, -0.15) is 0 Å². The molecule has 0 radical (unpaired) electrons. The quantitative estimate of drug-likeness (QED) is 0.0832. The Morgan fingerprint density at radius 3 is 2.11 bits per heavy atom. The lowest BCUT2D eigenvalue weighted by Gasteiger charge is -2.30. The first-order valence-corrected chi connectivity index (χ1v) is 19.6. The van der Waals surface area contributed by atoms with Crippen molar-refractivity contribution in [3.63, 3.8) is 0 Å². The number of urea groups is 1. The number of alkyl carbamates (subject to hydrolysis) is 1. The van der Waals surface area contributed by atoms with E-state index in [0.29, 0.717) is 37.5 Å². The summed E-state index contributed by atoms with van der Waals surface area (Å²) in [5, 5.41) is 27.7. The topological polar surface area (TPSA) is 159 Å². The molecule has 4 rings (SSSR count). The van der Waals surface area contributed by atoms with Crippen LogP contribution in [0.1, 0.15) is 93.1 Å². The number of amides is 4. The number of hydrogen-bond donors (Lipinski definition) is 4. The second-order valence-electron chi connectivity index (χ2n) is 14.8. The van der Waals surface area contributed by atoms with Crippen LogP contribution in [0, 0.1) is 5.92 Å². The van der Waals surface area contributed by atoms with Crippen molar-refractivity contribution in [3.8, 4) is 0 Å². The smallest absolute Gasteiger partial charge is 0.407 e. The SMILES string of the molecule is CC(C)c1cc(COC(=O)N[C@@H](Cc2ccccc2)[C@@H](O)C[C@H](Cc2ccccc2)NC(=O)[C@@H](NC(=O)N(C)CCc2csc(C(C)C)n2)C(C)C)on1. The van der Waals surface area contributed by atoms with Gasteiger partial charge < -0.3 is 35.2 Å². The van der Waals surface area contributed by atoms with E-state index in [1.54, 1.807) is 29.4 Å². The maximum absolute atomic E-state index is 13.9. The van der Waals surface area contributed by atoms with Crippen molar-refractivity contribution in [3.05, 3.63) is 105 Å². The van der Waals surface area contributed by atoms with E-state index < -0.39 is 30.3 Å². The number of rotatable bonds is 19. The van der Waals surface area contributed by atoms with Gasteiger partial charge in [-0.3, -0.25) is 4.79 Å². The highest BCUT2D eigenvalue weighted by Gasteiger charge is 2.31. The average molecular weight is 761 g/mol. The first kappa shape index (κ1) is 42.0. The number of aromatic nitrogens is 2. The lowest BCUT2D eigenvalue weighted by molar-refractivity contribution is -0.124. The van der Waals surface area contributed by atoms with Gasteiger partial charge in [0.25, 0.3) is 0 Å². The lowest BCUT2D eigenvalue weighted by Crippen LogP contribution is -2.56. The Bertz CT molecular complexity index is 1740. The van der Waals surface area contributed by atoms with Crippen molar-refractivity contribution in [2.75, 3.05) is 13.6 Å². The molecule has 2 heterocycles. The van der Waals surface area contributed by atoms with Gasteiger partial charge in [0.2, 0.25) is 5.91 Å². The fourth-order valence-electron chi connectivity index (χ4n) is 5.85. The van der Waals surface area contributed by atoms with Gasteiger partial charge in [-0.15, -0.1) is 11.3 Å². The Morgan fingerprint density at radius 2 is 1.54 bits per heavy atom. The average Bonchev–Trinajstić information content (AvgIpc) is 3.83. The fourth-order valence-corrected chi connectivity index (χ4v) is 6.72. The molecule has 4 amide bonds. The zero-order chi connectivity index (χ0) is 39.2. The van der Waals surface area contributed by atoms with Crippen molar-refractivity contribution < 1.29 is 28.8 Å². The Kier molecular flexibility index (Phi) is 16.0. The molecule has 0 bridgehead atoms. The van der Waals surface area contributed by atoms with E-state index in [9.17, 15) is 19.5 Å². The molecular weight excluding hydrogens is 705 g/mol. The molecule has 0 aliphatic carbocycles. The Labute approximate surface area is 323 Å². The van der Waals surface area contributed by atoms with Crippen molar-refractivity contribution >= 4 is 29.4 Å². The van der Waals surface area contributed by atoms with Gasteiger partial charge in [-0.25, -0.2) is 14.6 Å². The molecule has 4 N–H and O–H groups in total. The number of aliphatic hydroxyl groups is 1. The number of nitrogens with zero attached hydrogens (tertiary/aromatic N) is 3. The molecule has 0 unspecified atom stereocenters. The van der Waals surface area contributed by atoms with Gasteiger partial charge in [0.15, 0.2) is 12.4 Å². The Balaban J connectivity index is 1.44. The summed E-state index contributed by atoms with van der Waals surface area (Å²) >= 11 is 1.62. The highest BCUT2D eigenvalue weighted by molar-refractivity contribution is 7.09. The van der Waals surface area contributed by atoms with E-state index >= 15 is 0 Å². The molecule has 2 aromatic carbocycles. The third-order valence-electron chi connectivity index (χ3n) is 9.12. The summed E-state index contributed by atoms with van der Waals surface area (Å²) in [6, 6.07) is 18.5. The third kappa shape index (κ3) is 13.3. The van der Waals surface area contributed by atoms with Crippen LogP contribution in [0.5, 0.6) is 0 Å². The largest absolute Gasteiger partial charge is 0.441 e. The standard InChI is InChI=1S/C41H56N6O6S/c1-26(2)34-23-33(53-46-34)24-52-41(51)44-35(21-30-16-12-9-13-17-30)36(48)22-32(20-29-14-10-8-11-15-29)42-38(49)37(27(3)4)45-40(50)47(7)19-18-31-25-54-39(43-31)28(5)6/h8-17,23,25-28,32,35-37,48H,18-22,24H2,1-7H3,(H,42,49)(H,44,51)(H,45,50)/t32-,35-,36-,37-/m0/s1. The molecule has 0 aliphatic heterocycles. The van der Waals surface area contributed by atoms with Crippen molar-refractivity contribution in [2.45, 2.75) is 110 Å². The van der Waals surface area contributed by atoms with Crippen molar-refractivity contribution in [2.24, 2.45) is 5.92 Å². The minimum absolute atomic E-state index is 0.114. The molecule has 292 valence electrons. The number of likely N-dealkylation sites (N-methyl/N-ethyl adjacent to an activating group) is 1. The molecule has 0 aliphatic rings. The molecule has 13 heteroatoms. The summed E-state index contributed by atoms with van der Waals surface area (Å²) in [5.74, 6) is 0.342. The summed E-state index contributed by atoms with van der Waals surface area (Å²) in [6.07, 6.45) is -0.343. The molecular formula is C41H56N6O6S. The second-order valence-corrected chi connectivity index (χ2v) is 15.7. The number of thiazole rings is 1. The molecule has 4 aromatic rings. The predicted octanol–water partition coefficient (Wildman–Crippen LogP) is 6.60. The minimum Gasteiger partial charge on any atom is -0.441 e. The van der Waals surface area contributed by atoms with Crippen LogP contribution in [-0.4, -0.2) is 76.0 Å². The fraction of sp³-hybridized carbons (Fsp3) is 0.488. The Hall–Kier alpha value is -4.75. The molecule has 0 fully saturated rings. The maximum Gasteiger partial charge on any atom is 0.407 e. The zero-order valence-corrected chi connectivity index (χ0v) is 33.3. The van der Waals surface area contributed by atoms with Gasteiger partial charge in [0.05, 0.1) is 28.5 Å². The predicted molar refractivity (Wildman–Crippen MR) is 210 cm³/mol. The van der Waals surface area contributed by atoms with Crippen LogP contribution in [-0.2, 0) is 35.4 Å². The van der Waals surface area contributed by atoms with Crippen LogP contribution in [0.3, 0.4) is 0 Å². The van der Waals surface area contributed by atoms with Gasteiger partial charge in [-0.05, 0) is 42.2 Å². The van der Waals surface area contributed by atoms with Crippen LogP contribution in [0.15, 0.2) is 76.6 Å². The third-order valence-corrected chi connectivity index (χ3v) is 10.3. The highest BCUT2D eigenvalue weighted by atomic mass is 32.1. The lowest BCUT2D eigenvalue weighted by atomic mass is 9.93. The van der Waals surface area contributed by atoms with Gasteiger partial charge in [0, 0.05) is 43.4 Å². The van der Waals surface area contributed by atoms with E-state index in [4.69, 9.17) is 9.26 Å². The molecule has 2 aromatic heterocycles. The number of aliphatic hydroxyl groups excluding tert-OH is 1. The zero-order valence-electron chi connectivity index (χ0n) is 32.5. The van der Waals surface area contributed by atoms with Crippen molar-refractivity contribution in [1.82, 2.24) is 31.0 Å². The number of nitrogens with one attached hydrogen (secondary N) is 3. The molecule has 54 heavy (non-hydrogen) atoms. The minimum atomic E-state index is -1.08. The van der Waals surface area contributed by atoms with E-state index in [0.717, 1.165) is 27.5 Å². The van der Waals surface area contributed by atoms with Crippen LogP contribution in [0.25, 0.3) is 0 Å². The van der Waals surface area contributed by atoms with E-state index in [2.05, 4.69) is 39.9 Å². The van der Waals surface area contributed by atoms with E-state index in [-0.39, 0.29) is 36.8 Å². The van der Waals surface area contributed by atoms with Gasteiger partial charge >= 0.3 is 12.1 Å². The summed E-state index contributed by atoms with van der Waals surface area (Å²) in [6.45, 7) is 12.3. The highest BCUT2D eigenvalue weighted by Crippen LogP contribution is 2.20. The molecule has 0 spiro atoms. The van der Waals surface area contributed by atoms with Gasteiger partial charge in [-0.1, -0.05) is 107 Å². The summed E-state index contributed by atoms with van der Waals surface area (Å²) in [4.78, 5) is 46.5. The normalized spacial score (nSPS) is 13.7. The Morgan fingerprint density at radius 1 is 0.889 bits per heavy atom. The number of carbonyl (C=O) groups is 3. The monoisotopic (exact) mass is 760 g/mol. The first-order valence-electron chi connectivity index (χ1n) is 18.7. The first-order chi connectivity index (χ1) is 25.8. The van der Waals surface area contributed by atoms with Crippen molar-refractivity contribution in [1.29, 1.82) is 0 Å². The number of ether oxygens (including phenoxy) is 1. The van der Waals surface area contributed by atoms with Gasteiger partial charge in [0.1, 0.15) is 6.04 Å². The van der Waals surface area contributed by atoms with Crippen LogP contribution in [0.2, 0.25) is 0 Å². The van der Waals surface area contributed by atoms with Crippen LogP contribution >= 0.6 is 11.3 Å². The van der Waals surface area contributed by atoms with E-state index in [1.165, 1.54) is 0 Å². The summed E-state index contributed by atoms with van der Waals surface area (Å²) < 4.78 is 10.8. The summed E-state index contributed by atoms with van der Waals surface area (Å²) in [5.41, 5.74) is 3.56. The second kappa shape index (κ2) is 20.6. The van der Waals surface area contributed by atoms with Crippen LogP contribution in [0.4, 0.5) is 9.59 Å². The number of benzene rings is 2. The van der Waals surface area contributed by atoms with Crippen LogP contribution < -0.4 is 16.0 Å². The molecule has 4 atom stereocenters. The number of hydrogen-bond acceptors (Lipinski definition) is 9. The maximum atomic E-state index is 13.9.